The second kappa shape index (κ2) is 7.36. The first-order valence-electron chi connectivity index (χ1n) is 7.97. The lowest BCUT2D eigenvalue weighted by molar-refractivity contribution is 0.130. The Balaban J connectivity index is 1.77. The van der Waals surface area contributed by atoms with Gasteiger partial charge in [0.05, 0.1) is 19.0 Å². The minimum absolute atomic E-state index is 0.367. The molecule has 1 aromatic carbocycles. The maximum atomic E-state index is 5.97. The zero-order valence-corrected chi connectivity index (χ0v) is 13.1. The zero-order chi connectivity index (χ0) is 15.2. The molecule has 0 saturated carbocycles. The van der Waals surface area contributed by atoms with E-state index < -0.39 is 0 Å². The minimum atomic E-state index is 0.367. The van der Waals surface area contributed by atoms with Crippen LogP contribution >= 0.6 is 0 Å². The summed E-state index contributed by atoms with van der Waals surface area (Å²) in [6, 6.07) is 11.2. The third kappa shape index (κ3) is 3.63. The van der Waals surface area contributed by atoms with Crippen LogP contribution in [0.5, 0.6) is 5.75 Å². The van der Waals surface area contributed by atoms with Crippen molar-refractivity contribution in [3.63, 3.8) is 0 Å². The molecular formula is C18H23N3O. The number of likely N-dealkylation sites (tertiary alicyclic amines) is 1. The van der Waals surface area contributed by atoms with Crippen LogP contribution in [0.4, 0.5) is 0 Å². The predicted molar refractivity (Wildman–Crippen MR) is 87.0 cm³/mol. The summed E-state index contributed by atoms with van der Waals surface area (Å²) >= 11 is 0. The van der Waals surface area contributed by atoms with Crippen molar-refractivity contribution in [1.29, 1.82) is 0 Å². The van der Waals surface area contributed by atoms with Gasteiger partial charge in [0.25, 0.3) is 0 Å². The van der Waals surface area contributed by atoms with Crippen LogP contribution < -0.4 is 4.74 Å². The van der Waals surface area contributed by atoms with E-state index in [1.807, 2.05) is 0 Å². The largest absolute Gasteiger partial charge is 0.490 e. The molecular weight excluding hydrogens is 274 g/mol. The number of hydrogen-bond acceptors (Lipinski definition) is 4. The number of aromatic nitrogens is 2. The fourth-order valence-corrected chi connectivity index (χ4v) is 3.28. The molecule has 4 heteroatoms. The summed E-state index contributed by atoms with van der Waals surface area (Å²) in [7, 11) is 2.23. The molecule has 1 aliphatic heterocycles. The summed E-state index contributed by atoms with van der Waals surface area (Å²) in [4.78, 5) is 10.5. The molecule has 0 amide bonds. The smallest absolute Gasteiger partial charge is 0.155 e. The highest BCUT2D eigenvalue weighted by molar-refractivity contribution is 5.22. The number of likely N-dealkylation sites (N-methyl/N-ethyl adjacent to an activating group) is 1. The van der Waals surface area contributed by atoms with E-state index in [1.165, 1.54) is 37.7 Å². The van der Waals surface area contributed by atoms with Crippen molar-refractivity contribution in [2.75, 3.05) is 20.2 Å². The van der Waals surface area contributed by atoms with Gasteiger partial charge in [-0.25, -0.2) is 9.97 Å². The quantitative estimate of drug-likeness (QED) is 0.850. The van der Waals surface area contributed by atoms with Crippen LogP contribution in [0, 0.1) is 0 Å². The lowest BCUT2D eigenvalue weighted by Crippen LogP contribution is -2.42. The van der Waals surface area contributed by atoms with Gasteiger partial charge in [-0.1, -0.05) is 36.8 Å². The van der Waals surface area contributed by atoms with Gasteiger partial charge in [-0.2, -0.15) is 0 Å². The van der Waals surface area contributed by atoms with E-state index >= 15 is 0 Å². The average Bonchev–Trinajstić information content (AvgIpc) is 2.58. The molecule has 0 spiro atoms. The highest BCUT2D eigenvalue weighted by Crippen LogP contribution is 2.30. The summed E-state index contributed by atoms with van der Waals surface area (Å²) in [5.41, 5.74) is 1.35. The first-order valence-corrected chi connectivity index (χ1v) is 7.97. The molecule has 1 aromatic heterocycles. The monoisotopic (exact) mass is 297 g/mol. The minimum Gasteiger partial charge on any atom is -0.490 e. The second-order valence-corrected chi connectivity index (χ2v) is 5.95. The highest BCUT2D eigenvalue weighted by Gasteiger charge is 2.29. The van der Waals surface area contributed by atoms with E-state index in [0.717, 1.165) is 5.75 Å². The average molecular weight is 297 g/mol. The Morgan fingerprint density at radius 3 is 2.68 bits per heavy atom. The van der Waals surface area contributed by atoms with Crippen LogP contribution in [0.2, 0.25) is 0 Å². The summed E-state index contributed by atoms with van der Waals surface area (Å²) in [6.45, 7) is 1.83. The van der Waals surface area contributed by atoms with Crippen molar-refractivity contribution in [1.82, 2.24) is 14.9 Å². The van der Waals surface area contributed by atoms with Crippen molar-refractivity contribution >= 4 is 0 Å². The Hall–Kier alpha value is -1.94. The Kier molecular flexibility index (Phi) is 5.01. The van der Waals surface area contributed by atoms with Gasteiger partial charge in [-0.3, -0.25) is 0 Å². The van der Waals surface area contributed by atoms with Gasteiger partial charge in [0.1, 0.15) is 6.33 Å². The Morgan fingerprint density at radius 1 is 1.18 bits per heavy atom. The highest BCUT2D eigenvalue weighted by atomic mass is 16.5. The maximum absolute atomic E-state index is 5.97. The molecule has 2 unspecified atom stereocenters. The van der Waals surface area contributed by atoms with Crippen LogP contribution in [0.3, 0.4) is 0 Å². The van der Waals surface area contributed by atoms with Gasteiger partial charge in [-0.15, -0.1) is 0 Å². The summed E-state index contributed by atoms with van der Waals surface area (Å²) in [5, 5.41) is 0. The molecule has 2 aromatic rings. The van der Waals surface area contributed by atoms with Crippen LogP contribution in [0.15, 0.2) is 49.1 Å². The summed E-state index contributed by atoms with van der Waals surface area (Å²) in [5.74, 6) is 1.11. The maximum Gasteiger partial charge on any atom is 0.155 e. The fourth-order valence-electron chi connectivity index (χ4n) is 3.28. The normalized spacial score (nSPS) is 20.5. The van der Waals surface area contributed by atoms with Crippen molar-refractivity contribution in [3.05, 3.63) is 54.6 Å². The predicted octanol–water partition coefficient (Wildman–Crippen LogP) is 3.12. The van der Waals surface area contributed by atoms with Gasteiger partial charge < -0.3 is 9.64 Å². The standard InChI is InChI=1S/C18H23N3O/c1-21-10-6-5-9-18(21)17(15-7-3-2-4-8-15)13-22-16-11-19-14-20-12-16/h2-4,7-8,11-12,14,17-18H,5-6,9-10,13H2,1H3. The lowest BCUT2D eigenvalue weighted by Gasteiger charge is -2.38. The van der Waals surface area contributed by atoms with E-state index in [2.05, 4.69) is 52.2 Å². The van der Waals surface area contributed by atoms with Crippen LogP contribution in [-0.2, 0) is 0 Å². The molecule has 2 heterocycles. The molecule has 116 valence electrons. The molecule has 1 fully saturated rings. The Bertz CT molecular complexity index is 561. The number of piperidine rings is 1. The van der Waals surface area contributed by atoms with Gasteiger partial charge in [0.2, 0.25) is 0 Å². The van der Waals surface area contributed by atoms with E-state index in [-0.39, 0.29) is 0 Å². The summed E-state index contributed by atoms with van der Waals surface area (Å²) < 4.78 is 5.97. The first kappa shape index (κ1) is 15.0. The molecule has 0 N–H and O–H groups in total. The van der Waals surface area contributed by atoms with E-state index in [1.54, 1.807) is 12.4 Å². The number of rotatable bonds is 5. The third-order valence-electron chi connectivity index (χ3n) is 4.49. The van der Waals surface area contributed by atoms with Crippen molar-refractivity contribution in [2.45, 2.75) is 31.2 Å². The van der Waals surface area contributed by atoms with E-state index in [4.69, 9.17) is 4.74 Å². The van der Waals surface area contributed by atoms with Crippen LogP contribution in [-0.4, -0.2) is 41.1 Å². The van der Waals surface area contributed by atoms with Gasteiger partial charge in [-0.05, 0) is 32.0 Å². The van der Waals surface area contributed by atoms with Gasteiger partial charge >= 0.3 is 0 Å². The van der Waals surface area contributed by atoms with Crippen LogP contribution in [0.1, 0.15) is 30.7 Å². The fraction of sp³-hybridized carbons (Fsp3) is 0.444. The molecule has 3 rings (SSSR count). The lowest BCUT2D eigenvalue weighted by atomic mass is 9.86. The molecule has 2 atom stereocenters. The molecule has 1 saturated heterocycles. The second-order valence-electron chi connectivity index (χ2n) is 5.95. The molecule has 1 aliphatic rings. The molecule has 0 bridgehead atoms. The number of ether oxygens (including phenoxy) is 1. The van der Waals surface area contributed by atoms with Crippen molar-refractivity contribution < 1.29 is 4.74 Å². The molecule has 0 radical (unpaired) electrons. The van der Waals surface area contributed by atoms with E-state index in [0.29, 0.717) is 18.6 Å². The first-order chi connectivity index (χ1) is 10.8. The zero-order valence-electron chi connectivity index (χ0n) is 13.1. The van der Waals surface area contributed by atoms with Gasteiger partial charge in [0.15, 0.2) is 5.75 Å². The van der Waals surface area contributed by atoms with E-state index in [9.17, 15) is 0 Å². The molecule has 4 nitrogen and oxygen atoms in total. The Morgan fingerprint density at radius 2 is 1.95 bits per heavy atom. The third-order valence-corrected chi connectivity index (χ3v) is 4.49. The van der Waals surface area contributed by atoms with Crippen molar-refractivity contribution in [2.24, 2.45) is 0 Å². The molecule has 22 heavy (non-hydrogen) atoms. The Labute approximate surface area is 132 Å². The number of hydrogen-bond donors (Lipinski definition) is 0. The van der Waals surface area contributed by atoms with Crippen LogP contribution in [0.25, 0.3) is 0 Å². The van der Waals surface area contributed by atoms with Crippen molar-refractivity contribution in [3.8, 4) is 5.75 Å². The number of nitrogens with zero attached hydrogens (tertiary/aromatic N) is 3. The summed E-state index contributed by atoms with van der Waals surface area (Å²) in [6.07, 6.45) is 8.79. The number of benzene rings is 1. The molecule has 0 aliphatic carbocycles. The van der Waals surface area contributed by atoms with Gasteiger partial charge in [0, 0.05) is 12.0 Å². The SMILES string of the molecule is CN1CCCCC1C(COc1cncnc1)c1ccccc1. The topological polar surface area (TPSA) is 38.2 Å².